The van der Waals surface area contributed by atoms with Gasteiger partial charge in [-0.25, -0.2) is 0 Å². The second-order valence-electron chi connectivity index (χ2n) is 5.08. The Bertz CT molecular complexity index is 641. The molecule has 1 aromatic carbocycles. The van der Waals surface area contributed by atoms with Crippen molar-refractivity contribution in [3.63, 3.8) is 0 Å². The van der Waals surface area contributed by atoms with Gasteiger partial charge >= 0.3 is 0 Å². The minimum absolute atomic E-state index is 0. The van der Waals surface area contributed by atoms with Crippen molar-refractivity contribution in [3.8, 4) is 5.75 Å². The molecule has 0 radical (unpaired) electrons. The zero-order valence-electron chi connectivity index (χ0n) is 13.5. The molecule has 0 bridgehead atoms. The molecule has 3 N–H and O–H groups in total. The molecule has 2 rings (SSSR count). The molecule has 0 aliphatic rings. The van der Waals surface area contributed by atoms with Crippen LogP contribution in [0.5, 0.6) is 5.75 Å². The lowest BCUT2D eigenvalue weighted by molar-refractivity contribution is -0.117. The average Bonchev–Trinajstić information content (AvgIpc) is 2.87. The number of hydrogen-bond donors (Lipinski definition) is 2. The molecule has 1 amide bonds. The van der Waals surface area contributed by atoms with Crippen LogP contribution in [0.1, 0.15) is 23.7 Å². The molecule has 23 heavy (non-hydrogen) atoms. The van der Waals surface area contributed by atoms with Gasteiger partial charge in [-0.15, -0.1) is 12.4 Å². The molecule has 126 valence electrons. The zero-order chi connectivity index (χ0) is 16.1. The number of amides is 1. The lowest BCUT2D eigenvalue weighted by Crippen LogP contribution is -2.37. The van der Waals surface area contributed by atoms with Crippen molar-refractivity contribution in [1.82, 2.24) is 5.16 Å². The minimum atomic E-state index is -0.663. The largest absolute Gasteiger partial charge is 0.497 e. The molecule has 2 aromatic rings. The van der Waals surface area contributed by atoms with Gasteiger partial charge in [-0.2, -0.15) is 0 Å². The van der Waals surface area contributed by atoms with Gasteiger partial charge in [0.1, 0.15) is 5.75 Å². The van der Waals surface area contributed by atoms with Crippen LogP contribution in [-0.4, -0.2) is 24.2 Å². The summed E-state index contributed by atoms with van der Waals surface area (Å²) in [5.74, 6) is 0.864. The number of hydrogen-bond acceptors (Lipinski definition) is 5. The summed E-state index contributed by atoms with van der Waals surface area (Å²) in [6.45, 7) is 3.82. The van der Waals surface area contributed by atoms with Crippen LogP contribution in [0.25, 0.3) is 0 Å². The lowest BCUT2D eigenvalue weighted by Gasteiger charge is -2.11. The van der Waals surface area contributed by atoms with Crippen LogP contribution in [0.2, 0.25) is 0 Å². The van der Waals surface area contributed by atoms with Crippen LogP contribution >= 0.6 is 12.4 Å². The van der Waals surface area contributed by atoms with E-state index in [4.69, 9.17) is 15.0 Å². The quantitative estimate of drug-likeness (QED) is 0.843. The molecule has 0 fully saturated rings. The molecule has 0 unspecified atom stereocenters. The Morgan fingerprint density at radius 2 is 2.04 bits per heavy atom. The number of aryl methyl sites for hydroxylation is 1. The number of nitrogens with zero attached hydrogens (tertiary/aromatic N) is 1. The molecule has 1 heterocycles. The Kier molecular flexibility index (Phi) is 7.06. The third-order valence-corrected chi connectivity index (χ3v) is 3.53. The van der Waals surface area contributed by atoms with Gasteiger partial charge < -0.3 is 15.0 Å². The Balaban J connectivity index is 0.00000264. The van der Waals surface area contributed by atoms with Gasteiger partial charge in [0.2, 0.25) is 11.8 Å². The molecule has 0 aliphatic heterocycles. The highest BCUT2D eigenvalue weighted by Gasteiger charge is 2.19. The van der Waals surface area contributed by atoms with E-state index in [-0.39, 0.29) is 18.3 Å². The normalized spacial score (nSPS) is 11.5. The summed E-state index contributed by atoms with van der Waals surface area (Å²) in [6.07, 6.45) is 1.17. The third-order valence-electron chi connectivity index (χ3n) is 3.53. The van der Waals surface area contributed by atoms with E-state index >= 15 is 0 Å². The van der Waals surface area contributed by atoms with Crippen molar-refractivity contribution in [1.29, 1.82) is 0 Å². The summed E-state index contributed by atoms with van der Waals surface area (Å²) in [5.41, 5.74) is 8.60. The highest BCUT2D eigenvalue weighted by atomic mass is 35.5. The first-order chi connectivity index (χ1) is 10.5. The predicted octanol–water partition coefficient (Wildman–Crippen LogP) is 2.48. The van der Waals surface area contributed by atoms with E-state index in [9.17, 15) is 4.79 Å². The molecule has 0 aliphatic carbocycles. The third kappa shape index (κ3) is 4.71. The number of nitrogens with two attached hydrogens (primary N) is 1. The first-order valence-electron chi connectivity index (χ1n) is 7.19. The average molecular weight is 340 g/mol. The van der Waals surface area contributed by atoms with Crippen LogP contribution in [-0.2, 0) is 17.6 Å². The van der Waals surface area contributed by atoms with Gasteiger partial charge in [0.05, 0.1) is 18.8 Å². The number of aromatic nitrogens is 1. The van der Waals surface area contributed by atoms with E-state index in [0.29, 0.717) is 12.3 Å². The summed E-state index contributed by atoms with van der Waals surface area (Å²) in [4.78, 5) is 12.2. The molecular weight excluding hydrogens is 318 g/mol. The molecule has 7 heteroatoms. The molecule has 1 atom stereocenters. The molecule has 0 saturated heterocycles. The number of ether oxygens (including phenoxy) is 1. The van der Waals surface area contributed by atoms with Crippen molar-refractivity contribution in [2.75, 3.05) is 12.4 Å². The van der Waals surface area contributed by atoms with E-state index in [1.807, 2.05) is 38.1 Å². The number of benzene rings is 1. The number of nitrogens with one attached hydrogen (secondary N) is 1. The van der Waals surface area contributed by atoms with Gasteiger partial charge in [0.15, 0.2) is 0 Å². The summed E-state index contributed by atoms with van der Waals surface area (Å²) >= 11 is 0. The summed E-state index contributed by atoms with van der Waals surface area (Å²) in [6, 6.07) is 6.80. The number of anilines is 1. The first kappa shape index (κ1) is 19.0. The Labute approximate surface area is 141 Å². The van der Waals surface area contributed by atoms with Crippen molar-refractivity contribution >= 4 is 24.2 Å². The van der Waals surface area contributed by atoms with Gasteiger partial charge in [-0.05, 0) is 37.5 Å². The highest BCUT2D eigenvalue weighted by Crippen LogP contribution is 2.20. The molecular formula is C16H22ClN3O3. The Hall–Kier alpha value is -2.05. The van der Waals surface area contributed by atoms with E-state index in [1.54, 1.807) is 7.11 Å². The smallest absolute Gasteiger partial charge is 0.244 e. The second-order valence-corrected chi connectivity index (χ2v) is 5.08. The Morgan fingerprint density at radius 3 is 2.61 bits per heavy atom. The minimum Gasteiger partial charge on any atom is -0.497 e. The number of carbonyl (C=O) groups excluding carboxylic acids is 1. The SMILES string of the molecule is CCc1c(C)noc1NC(=O)[C@@H](N)Cc1ccc(OC)cc1.Cl. The second kappa shape index (κ2) is 8.55. The van der Waals surface area contributed by atoms with Crippen LogP contribution in [0.4, 0.5) is 5.88 Å². The van der Waals surface area contributed by atoms with Gasteiger partial charge in [-0.3, -0.25) is 10.1 Å². The van der Waals surface area contributed by atoms with Gasteiger partial charge in [0, 0.05) is 5.56 Å². The summed E-state index contributed by atoms with van der Waals surface area (Å²) in [5, 5.41) is 6.57. The van der Waals surface area contributed by atoms with E-state index in [1.165, 1.54) is 0 Å². The Morgan fingerprint density at radius 1 is 1.39 bits per heavy atom. The van der Waals surface area contributed by atoms with Crippen molar-refractivity contribution in [2.45, 2.75) is 32.7 Å². The van der Waals surface area contributed by atoms with Crippen molar-refractivity contribution < 1.29 is 14.1 Å². The lowest BCUT2D eigenvalue weighted by atomic mass is 10.1. The fraction of sp³-hybridized carbons (Fsp3) is 0.375. The van der Waals surface area contributed by atoms with E-state index in [0.717, 1.165) is 29.0 Å². The molecule has 0 saturated carbocycles. The fourth-order valence-corrected chi connectivity index (χ4v) is 2.22. The van der Waals surface area contributed by atoms with Crippen LogP contribution in [0.15, 0.2) is 28.8 Å². The number of halogens is 1. The van der Waals surface area contributed by atoms with Crippen molar-refractivity contribution in [2.24, 2.45) is 5.73 Å². The van der Waals surface area contributed by atoms with Gasteiger partial charge in [0.25, 0.3) is 0 Å². The van der Waals surface area contributed by atoms with Crippen molar-refractivity contribution in [3.05, 3.63) is 41.1 Å². The molecule has 1 aromatic heterocycles. The van der Waals surface area contributed by atoms with E-state index < -0.39 is 6.04 Å². The number of rotatable bonds is 6. The van der Waals surface area contributed by atoms with Crippen LogP contribution in [0.3, 0.4) is 0 Å². The molecule has 6 nitrogen and oxygen atoms in total. The van der Waals surface area contributed by atoms with Crippen LogP contribution in [0, 0.1) is 6.92 Å². The number of carbonyl (C=O) groups is 1. The monoisotopic (exact) mass is 339 g/mol. The van der Waals surface area contributed by atoms with Crippen LogP contribution < -0.4 is 15.8 Å². The zero-order valence-corrected chi connectivity index (χ0v) is 14.3. The first-order valence-corrected chi connectivity index (χ1v) is 7.19. The number of methoxy groups -OCH3 is 1. The maximum atomic E-state index is 12.2. The highest BCUT2D eigenvalue weighted by molar-refractivity contribution is 5.94. The molecule has 0 spiro atoms. The standard InChI is InChI=1S/C16H21N3O3.ClH/c1-4-13-10(2)19-22-16(13)18-15(20)14(17)9-11-5-7-12(21-3)8-6-11;/h5-8,14H,4,9,17H2,1-3H3,(H,18,20);1H/t14-;/m0./s1. The maximum absolute atomic E-state index is 12.2. The van der Waals surface area contributed by atoms with E-state index in [2.05, 4.69) is 10.5 Å². The predicted molar refractivity (Wildman–Crippen MR) is 91.2 cm³/mol. The summed E-state index contributed by atoms with van der Waals surface area (Å²) in [7, 11) is 1.61. The summed E-state index contributed by atoms with van der Waals surface area (Å²) < 4.78 is 10.2. The van der Waals surface area contributed by atoms with Gasteiger partial charge in [-0.1, -0.05) is 24.2 Å². The maximum Gasteiger partial charge on any atom is 0.244 e. The topological polar surface area (TPSA) is 90.4 Å². The fourth-order valence-electron chi connectivity index (χ4n) is 2.22.